The van der Waals surface area contributed by atoms with Crippen molar-refractivity contribution in [3.05, 3.63) is 42.1 Å². The first-order valence-corrected chi connectivity index (χ1v) is 5.95. The van der Waals surface area contributed by atoms with Gasteiger partial charge in [-0.05, 0) is 25.6 Å². The molecule has 0 saturated heterocycles. The first-order valence-electron chi connectivity index (χ1n) is 5.95. The third-order valence-electron chi connectivity index (χ3n) is 2.88. The van der Waals surface area contributed by atoms with Gasteiger partial charge in [0, 0.05) is 18.2 Å². The summed E-state index contributed by atoms with van der Waals surface area (Å²) in [6.45, 7) is 3.41. The van der Waals surface area contributed by atoms with Gasteiger partial charge in [0.1, 0.15) is 0 Å². The zero-order chi connectivity index (χ0) is 12.1. The Bertz CT molecular complexity index is 479. The molecule has 17 heavy (non-hydrogen) atoms. The van der Waals surface area contributed by atoms with Gasteiger partial charge < -0.3 is 10.1 Å². The maximum Gasteiger partial charge on any atom is 0.0750 e. The second-order valence-corrected chi connectivity index (χ2v) is 3.92. The summed E-state index contributed by atoms with van der Waals surface area (Å²) in [6.07, 6.45) is 1.83. The van der Waals surface area contributed by atoms with Gasteiger partial charge in [-0.1, -0.05) is 24.3 Å². The van der Waals surface area contributed by atoms with Crippen LogP contribution >= 0.6 is 0 Å². The Labute approximate surface area is 102 Å². The summed E-state index contributed by atoms with van der Waals surface area (Å²) in [4.78, 5) is 4.46. The molecule has 1 heterocycles. The molecule has 0 amide bonds. The number of benzene rings is 1. The van der Waals surface area contributed by atoms with Crippen LogP contribution in [0.3, 0.4) is 0 Å². The van der Waals surface area contributed by atoms with Crippen LogP contribution in [0.25, 0.3) is 10.9 Å². The van der Waals surface area contributed by atoms with Gasteiger partial charge in [-0.2, -0.15) is 0 Å². The van der Waals surface area contributed by atoms with Crippen LogP contribution in [0.4, 0.5) is 0 Å². The van der Waals surface area contributed by atoms with E-state index in [1.807, 2.05) is 26.2 Å². The molecule has 0 saturated carbocycles. The van der Waals surface area contributed by atoms with Gasteiger partial charge in [0.25, 0.3) is 0 Å². The number of rotatable bonds is 5. The van der Waals surface area contributed by atoms with E-state index < -0.39 is 0 Å². The molecule has 0 spiro atoms. The molecule has 3 nitrogen and oxygen atoms in total. The van der Waals surface area contributed by atoms with Gasteiger partial charge in [0.05, 0.1) is 18.2 Å². The Kier molecular flexibility index (Phi) is 4.07. The van der Waals surface area contributed by atoms with Crippen molar-refractivity contribution in [3.63, 3.8) is 0 Å². The van der Waals surface area contributed by atoms with Crippen molar-refractivity contribution < 1.29 is 4.74 Å². The molecule has 90 valence electrons. The van der Waals surface area contributed by atoms with Gasteiger partial charge in [-0.15, -0.1) is 0 Å². The van der Waals surface area contributed by atoms with Crippen LogP contribution in [0.1, 0.15) is 18.5 Å². The van der Waals surface area contributed by atoms with Crippen LogP contribution in [-0.2, 0) is 4.74 Å². The lowest BCUT2D eigenvalue weighted by Gasteiger charge is -2.17. The Balaban J connectivity index is 2.38. The minimum Gasteiger partial charge on any atom is -0.380 e. The van der Waals surface area contributed by atoms with Gasteiger partial charge >= 0.3 is 0 Å². The fourth-order valence-electron chi connectivity index (χ4n) is 1.97. The number of hydrogen-bond acceptors (Lipinski definition) is 3. The maximum absolute atomic E-state index is 5.50. The third kappa shape index (κ3) is 2.62. The summed E-state index contributed by atoms with van der Waals surface area (Å²) in [7, 11) is 1.95. The van der Waals surface area contributed by atoms with Crippen molar-refractivity contribution >= 4 is 10.9 Å². The monoisotopic (exact) mass is 230 g/mol. The van der Waals surface area contributed by atoms with E-state index in [4.69, 9.17) is 4.74 Å². The Morgan fingerprint density at radius 1 is 1.29 bits per heavy atom. The van der Waals surface area contributed by atoms with E-state index in [0.29, 0.717) is 6.61 Å². The lowest BCUT2D eigenvalue weighted by molar-refractivity contribution is 0.125. The normalized spacial score (nSPS) is 12.8. The minimum absolute atomic E-state index is 0.188. The van der Waals surface area contributed by atoms with Crippen molar-refractivity contribution in [2.24, 2.45) is 0 Å². The van der Waals surface area contributed by atoms with E-state index >= 15 is 0 Å². The van der Waals surface area contributed by atoms with Crippen molar-refractivity contribution in [1.29, 1.82) is 0 Å². The topological polar surface area (TPSA) is 34.1 Å². The largest absolute Gasteiger partial charge is 0.380 e. The molecule has 0 aliphatic heterocycles. The summed E-state index contributed by atoms with van der Waals surface area (Å²) in [5.74, 6) is 0. The second kappa shape index (κ2) is 5.75. The highest BCUT2D eigenvalue weighted by Crippen LogP contribution is 2.22. The summed E-state index contributed by atoms with van der Waals surface area (Å²) in [6, 6.07) is 10.5. The fraction of sp³-hybridized carbons (Fsp3) is 0.357. The molecule has 1 N–H and O–H groups in total. The molecule has 0 fully saturated rings. The standard InChI is InChI=1S/C14H18N2O/c1-3-17-10-13(15-2)12-8-4-6-11-7-5-9-16-14(11)12/h4-9,13,15H,3,10H2,1-2H3. The van der Waals surface area contributed by atoms with Crippen molar-refractivity contribution in [3.8, 4) is 0 Å². The SMILES string of the molecule is CCOCC(NC)c1cccc2cccnc12. The second-order valence-electron chi connectivity index (χ2n) is 3.92. The molecule has 1 aromatic heterocycles. The Hall–Kier alpha value is -1.45. The average molecular weight is 230 g/mol. The number of para-hydroxylation sites is 1. The molecule has 0 aliphatic carbocycles. The summed E-state index contributed by atoms with van der Waals surface area (Å²) < 4.78 is 5.50. The number of nitrogens with zero attached hydrogens (tertiary/aromatic N) is 1. The molecular formula is C14H18N2O. The predicted octanol–water partition coefficient (Wildman–Crippen LogP) is 2.53. The lowest BCUT2D eigenvalue weighted by Crippen LogP contribution is -2.22. The lowest BCUT2D eigenvalue weighted by atomic mass is 10.0. The number of aromatic nitrogens is 1. The van der Waals surface area contributed by atoms with Gasteiger partial charge in [0.2, 0.25) is 0 Å². The van der Waals surface area contributed by atoms with E-state index in [-0.39, 0.29) is 6.04 Å². The summed E-state index contributed by atoms with van der Waals surface area (Å²) in [5, 5.41) is 4.45. The molecular weight excluding hydrogens is 212 g/mol. The molecule has 1 unspecified atom stereocenters. The van der Waals surface area contributed by atoms with E-state index in [1.165, 1.54) is 10.9 Å². The van der Waals surface area contributed by atoms with E-state index in [2.05, 4.69) is 34.6 Å². The zero-order valence-corrected chi connectivity index (χ0v) is 10.3. The number of hydrogen-bond donors (Lipinski definition) is 1. The van der Waals surface area contributed by atoms with Crippen LogP contribution in [-0.4, -0.2) is 25.2 Å². The highest BCUT2D eigenvalue weighted by molar-refractivity contribution is 5.82. The Morgan fingerprint density at radius 2 is 2.12 bits per heavy atom. The van der Waals surface area contributed by atoms with E-state index in [9.17, 15) is 0 Å². The highest BCUT2D eigenvalue weighted by atomic mass is 16.5. The van der Waals surface area contributed by atoms with E-state index in [1.54, 1.807) is 0 Å². The predicted molar refractivity (Wildman–Crippen MR) is 70.0 cm³/mol. The summed E-state index contributed by atoms with van der Waals surface area (Å²) in [5.41, 5.74) is 2.24. The highest BCUT2D eigenvalue weighted by Gasteiger charge is 2.12. The van der Waals surface area contributed by atoms with Crippen LogP contribution < -0.4 is 5.32 Å². The quantitative estimate of drug-likeness (QED) is 0.857. The minimum atomic E-state index is 0.188. The molecule has 1 aromatic carbocycles. The first kappa shape index (κ1) is 12.0. The van der Waals surface area contributed by atoms with E-state index in [0.717, 1.165) is 12.1 Å². The summed E-state index contributed by atoms with van der Waals surface area (Å²) >= 11 is 0. The molecule has 0 aliphatic rings. The molecule has 3 heteroatoms. The number of ether oxygens (including phenoxy) is 1. The number of nitrogens with one attached hydrogen (secondary N) is 1. The van der Waals surface area contributed by atoms with Gasteiger partial charge in [-0.3, -0.25) is 4.98 Å². The average Bonchev–Trinajstić information content (AvgIpc) is 2.40. The molecule has 2 rings (SSSR count). The van der Waals surface area contributed by atoms with Crippen LogP contribution in [0.5, 0.6) is 0 Å². The van der Waals surface area contributed by atoms with Gasteiger partial charge in [0.15, 0.2) is 0 Å². The van der Waals surface area contributed by atoms with Crippen LogP contribution in [0, 0.1) is 0 Å². The number of fused-ring (bicyclic) bond motifs is 1. The fourth-order valence-corrected chi connectivity index (χ4v) is 1.97. The molecule has 0 radical (unpaired) electrons. The van der Waals surface area contributed by atoms with Crippen molar-refractivity contribution in [2.75, 3.05) is 20.3 Å². The van der Waals surface area contributed by atoms with Gasteiger partial charge in [-0.25, -0.2) is 0 Å². The van der Waals surface area contributed by atoms with Crippen LogP contribution in [0.2, 0.25) is 0 Å². The van der Waals surface area contributed by atoms with Crippen LogP contribution in [0.15, 0.2) is 36.5 Å². The zero-order valence-electron chi connectivity index (χ0n) is 10.3. The Morgan fingerprint density at radius 3 is 2.88 bits per heavy atom. The first-order chi connectivity index (χ1) is 8.36. The third-order valence-corrected chi connectivity index (χ3v) is 2.88. The molecule has 0 bridgehead atoms. The number of likely N-dealkylation sites (N-methyl/N-ethyl adjacent to an activating group) is 1. The maximum atomic E-state index is 5.50. The smallest absolute Gasteiger partial charge is 0.0750 e. The molecule has 1 atom stereocenters. The molecule has 2 aromatic rings. The van der Waals surface area contributed by atoms with Crippen molar-refractivity contribution in [2.45, 2.75) is 13.0 Å². The number of pyridine rings is 1. The van der Waals surface area contributed by atoms with Crippen molar-refractivity contribution in [1.82, 2.24) is 10.3 Å².